The van der Waals surface area contributed by atoms with E-state index >= 15 is 0 Å². The van der Waals surface area contributed by atoms with Crippen molar-refractivity contribution in [2.24, 2.45) is 0 Å². The van der Waals surface area contributed by atoms with E-state index in [0.717, 1.165) is 48.2 Å². The number of carbonyl (C=O) groups is 1. The highest BCUT2D eigenvalue weighted by molar-refractivity contribution is 6.35. The fraction of sp³-hybridized carbons (Fsp3) is 0.333. The minimum Gasteiger partial charge on any atom is -0.347 e. The summed E-state index contributed by atoms with van der Waals surface area (Å²) in [5, 5.41) is 5.39. The van der Waals surface area contributed by atoms with Gasteiger partial charge in [-0.25, -0.2) is 4.98 Å². The minimum absolute atomic E-state index is 0.186. The first-order valence-corrected chi connectivity index (χ1v) is 12.2. The molecule has 8 heteroatoms. The zero-order valence-electron chi connectivity index (χ0n) is 17.4. The predicted octanol–water partition coefficient (Wildman–Crippen LogP) is 7.27. The smallest absolute Gasteiger partial charge is 0.287 e. The van der Waals surface area contributed by atoms with Crippen molar-refractivity contribution in [3.05, 3.63) is 84.8 Å². The Hall–Kier alpha value is -1.72. The maximum atomic E-state index is 12.9. The second kappa shape index (κ2) is 10.5. The number of hydrogen-bond acceptors (Lipinski definition) is 2. The fourth-order valence-electron chi connectivity index (χ4n) is 4.05. The van der Waals surface area contributed by atoms with E-state index in [0.29, 0.717) is 38.8 Å². The summed E-state index contributed by atoms with van der Waals surface area (Å²) in [6, 6.07) is 11.0. The van der Waals surface area contributed by atoms with Crippen LogP contribution in [0, 0.1) is 0 Å². The van der Waals surface area contributed by atoms with E-state index in [9.17, 15) is 4.79 Å². The summed E-state index contributed by atoms with van der Waals surface area (Å²) in [7, 11) is 0. The molecule has 2 aromatic carbocycles. The average Bonchev–Trinajstić information content (AvgIpc) is 3.15. The molecule has 0 spiro atoms. The summed E-state index contributed by atoms with van der Waals surface area (Å²) in [6.07, 6.45) is 6.47. The van der Waals surface area contributed by atoms with Crippen LogP contribution in [-0.2, 0) is 12.8 Å². The molecule has 0 radical (unpaired) electrons. The highest BCUT2D eigenvalue weighted by atomic mass is 35.5. The molecule has 1 heterocycles. The zero-order valence-corrected chi connectivity index (χ0v) is 20.4. The molecule has 0 bridgehead atoms. The number of H-pyrrole nitrogens is 1. The maximum Gasteiger partial charge on any atom is 0.287 e. The Morgan fingerprint density at radius 1 is 0.906 bits per heavy atom. The van der Waals surface area contributed by atoms with Crippen molar-refractivity contribution < 1.29 is 4.79 Å². The summed E-state index contributed by atoms with van der Waals surface area (Å²) in [4.78, 5) is 20.8. The average molecular weight is 511 g/mol. The van der Waals surface area contributed by atoms with E-state index in [2.05, 4.69) is 15.3 Å². The Balaban J connectivity index is 1.63. The van der Waals surface area contributed by atoms with Gasteiger partial charge in [0, 0.05) is 44.7 Å². The molecule has 0 unspecified atom stereocenters. The summed E-state index contributed by atoms with van der Waals surface area (Å²) in [5.41, 5.74) is 3.33. The van der Waals surface area contributed by atoms with Gasteiger partial charge in [-0.2, -0.15) is 0 Å². The van der Waals surface area contributed by atoms with Crippen LogP contribution in [0.25, 0.3) is 0 Å². The molecule has 0 aliphatic heterocycles. The van der Waals surface area contributed by atoms with E-state index in [4.69, 9.17) is 46.4 Å². The van der Waals surface area contributed by atoms with Crippen molar-refractivity contribution in [2.75, 3.05) is 0 Å². The number of aromatic nitrogens is 2. The largest absolute Gasteiger partial charge is 0.347 e. The second-order valence-corrected chi connectivity index (χ2v) is 9.83. The number of aromatic amines is 1. The SMILES string of the molecule is O=C(NC1CCCCC1)c1nc(Cc2ccc(Cl)cc2Cl)c(Cc2ccc(Cl)cc2Cl)[nH]1. The maximum absolute atomic E-state index is 12.9. The number of carbonyl (C=O) groups excluding carboxylic acids is 1. The van der Waals surface area contributed by atoms with Crippen LogP contribution in [0.4, 0.5) is 0 Å². The molecule has 1 saturated carbocycles. The van der Waals surface area contributed by atoms with Crippen molar-refractivity contribution in [3.8, 4) is 0 Å². The summed E-state index contributed by atoms with van der Waals surface area (Å²) >= 11 is 24.9. The molecule has 168 valence electrons. The molecule has 4 nitrogen and oxygen atoms in total. The van der Waals surface area contributed by atoms with Gasteiger partial charge in [-0.05, 0) is 48.2 Å². The van der Waals surface area contributed by atoms with Gasteiger partial charge in [0.1, 0.15) is 0 Å². The van der Waals surface area contributed by atoms with Crippen LogP contribution >= 0.6 is 46.4 Å². The molecular weight excluding hydrogens is 488 g/mol. The normalized spacial score (nSPS) is 14.5. The molecule has 4 rings (SSSR count). The van der Waals surface area contributed by atoms with Crippen LogP contribution in [0.1, 0.15) is 65.2 Å². The van der Waals surface area contributed by atoms with Gasteiger partial charge in [-0.15, -0.1) is 0 Å². The lowest BCUT2D eigenvalue weighted by molar-refractivity contribution is 0.0918. The van der Waals surface area contributed by atoms with Gasteiger partial charge in [0.25, 0.3) is 5.91 Å². The number of benzene rings is 2. The third-order valence-electron chi connectivity index (χ3n) is 5.78. The summed E-state index contributed by atoms with van der Waals surface area (Å²) in [5.74, 6) is 0.115. The van der Waals surface area contributed by atoms with Gasteiger partial charge in [-0.3, -0.25) is 4.79 Å². The molecule has 1 aromatic heterocycles. The highest BCUT2D eigenvalue weighted by Crippen LogP contribution is 2.27. The van der Waals surface area contributed by atoms with Crippen molar-refractivity contribution in [1.82, 2.24) is 15.3 Å². The molecule has 0 atom stereocenters. The van der Waals surface area contributed by atoms with Gasteiger partial charge >= 0.3 is 0 Å². The lowest BCUT2D eigenvalue weighted by atomic mass is 9.95. The van der Waals surface area contributed by atoms with Gasteiger partial charge in [0.15, 0.2) is 5.82 Å². The Labute approximate surface area is 207 Å². The molecular formula is C24H23Cl4N3O. The third-order valence-corrected chi connectivity index (χ3v) is 6.95. The number of halogens is 4. The monoisotopic (exact) mass is 509 g/mol. The van der Waals surface area contributed by atoms with Crippen LogP contribution in [0.3, 0.4) is 0 Å². The van der Waals surface area contributed by atoms with Gasteiger partial charge in [0.05, 0.1) is 5.69 Å². The van der Waals surface area contributed by atoms with Gasteiger partial charge < -0.3 is 10.3 Å². The fourth-order valence-corrected chi connectivity index (χ4v) is 5.00. The van der Waals surface area contributed by atoms with Gasteiger partial charge in [0.2, 0.25) is 0 Å². The number of nitrogens with zero attached hydrogens (tertiary/aromatic N) is 1. The number of nitrogens with one attached hydrogen (secondary N) is 2. The number of hydrogen-bond donors (Lipinski definition) is 2. The quantitative estimate of drug-likeness (QED) is 0.366. The molecule has 3 aromatic rings. The zero-order chi connectivity index (χ0) is 22.7. The Bertz CT molecular complexity index is 1050. The van der Waals surface area contributed by atoms with Crippen molar-refractivity contribution in [3.63, 3.8) is 0 Å². The number of amides is 1. The van der Waals surface area contributed by atoms with Crippen LogP contribution in [0.2, 0.25) is 20.1 Å². The molecule has 32 heavy (non-hydrogen) atoms. The molecule has 0 saturated heterocycles. The Morgan fingerprint density at radius 2 is 1.50 bits per heavy atom. The van der Waals surface area contributed by atoms with E-state index in [1.165, 1.54) is 6.42 Å². The van der Waals surface area contributed by atoms with Crippen LogP contribution < -0.4 is 5.32 Å². The van der Waals surface area contributed by atoms with Crippen LogP contribution in [0.5, 0.6) is 0 Å². The Morgan fingerprint density at radius 3 is 2.09 bits per heavy atom. The van der Waals surface area contributed by atoms with Crippen molar-refractivity contribution >= 4 is 52.3 Å². The van der Waals surface area contributed by atoms with E-state index in [-0.39, 0.29) is 11.9 Å². The lowest BCUT2D eigenvalue weighted by Crippen LogP contribution is -2.36. The topological polar surface area (TPSA) is 57.8 Å². The first kappa shape index (κ1) is 23.4. The first-order chi connectivity index (χ1) is 15.4. The van der Waals surface area contributed by atoms with Crippen molar-refractivity contribution in [2.45, 2.75) is 51.0 Å². The lowest BCUT2D eigenvalue weighted by Gasteiger charge is -2.22. The Kier molecular flexibility index (Phi) is 7.67. The molecule has 1 fully saturated rings. The standard InChI is InChI=1S/C24H23Cl4N3O/c25-16-8-6-14(19(27)12-16)10-21-22(11-15-7-9-17(26)13-20(15)28)31-23(30-21)24(32)29-18-4-2-1-3-5-18/h6-9,12-13,18H,1-5,10-11H2,(H,29,32)(H,30,31). The number of rotatable bonds is 6. The van der Waals surface area contributed by atoms with E-state index in [1.807, 2.05) is 12.1 Å². The van der Waals surface area contributed by atoms with Crippen LogP contribution in [-0.4, -0.2) is 21.9 Å². The predicted molar refractivity (Wildman–Crippen MR) is 131 cm³/mol. The molecule has 1 aliphatic rings. The van der Waals surface area contributed by atoms with Crippen molar-refractivity contribution in [1.29, 1.82) is 0 Å². The van der Waals surface area contributed by atoms with E-state index in [1.54, 1.807) is 24.3 Å². The van der Waals surface area contributed by atoms with Crippen LogP contribution in [0.15, 0.2) is 36.4 Å². The molecule has 2 N–H and O–H groups in total. The number of imidazole rings is 1. The highest BCUT2D eigenvalue weighted by Gasteiger charge is 2.21. The summed E-state index contributed by atoms with van der Waals surface area (Å²) < 4.78 is 0. The molecule has 1 aliphatic carbocycles. The van der Waals surface area contributed by atoms with Gasteiger partial charge in [-0.1, -0.05) is 77.8 Å². The second-order valence-electron chi connectivity index (χ2n) is 8.14. The first-order valence-electron chi connectivity index (χ1n) is 10.7. The third kappa shape index (κ3) is 5.79. The minimum atomic E-state index is -0.186. The summed E-state index contributed by atoms with van der Waals surface area (Å²) in [6.45, 7) is 0. The van der Waals surface area contributed by atoms with E-state index < -0.39 is 0 Å². The molecule has 1 amide bonds.